The molecule has 4 heteroatoms. The zero-order valence-electron chi connectivity index (χ0n) is 12.0. The molecule has 0 heterocycles. The number of ether oxygens (including phenoxy) is 1. The van der Waals surface area contributed by atoms with Gasteiger partial charge < -0.3 is 9.84 Å². The molecule has 0 amide bonds. The Morgan fingerprint density at radius 3 is 2.67 bits per heavy atom. The predicted molar refractivity (Wildman–Crippen MR) is 78.5 cm³/mol. The van der Waals surface area contributed by atoms with Crippen molar-refractivity contribution >= 4 is 5.97 Å². The predicted octanol–water partition coefficient (Wildman–Crippen LogP) is 3.93. The van der Waals surface area contributed by atoms with Crippen LogP contribution in [0, 0.1) is 6.92 Å². The van der Waals surface area contributed by atoms with E-state index in [1.807, 2.05) is 31.2 Å². The molecule has 1 aromatic carbocycles. The van der Waals surface area contributed by atoms with Crippen LogP contribution in [0.25, 0.3) is 0 Å². The van der Waals surface area contributed by atoms with Crippen molar-refractivity contribution in [3.8, 4) is 0 Å². The number of benzene rings is 1. The van der Waals surface area contributed by atoms with Crippen molar-refractivity contribution in [2.24, 2.45) is 0 Å². The van der Waals surface area contributed by atoms with E-state index < -0.39 is 12.1 Å². The number of carboxylic acid groups (broad SMARTS) is 1. The second-order valence-electron chi connectivity index (χ2n) is 5.21. The first-order valence-corrected chi connectivity index (χ1v) is 6.98. The maximum Gasteiger partial charge on any atom is 0.303 e. The number of alkyl halides is 1. The van der Waals surface area contributed by atoms with Crippen LogP contribution < -0.4 is 0 Å². The third-order valence-corrected chi connectivity index (χ3v) is 3.44. The van der Waals surface area contributed by atoms with Crippen LogP contribution in [0.5, 0.6) is 0 Å². The molecule has 1 aromatic rings. The van der Waals surface area contributed by atoms with Crippen LogP contribution in [-0.2, 0) is 16.1 Å². The molecule has 112 valence electrons. The molecule has 0 bridgehead atoms. The van der Waals surface area contributed by atoms with E-state index in [2.05, 4.69) is 0 Å². The second-order valence-corrected chi connectivity index (χ2v) is 5.21. The maximum atomic E-state index is 13.9. The smallest absolute Gasteiger partial charge is 0.303 e. The molecular weight excluding hydrogens is 271 g/mol. The highest BCUT2D eigenvalue weighted by Gasteiger charge is 2.20. The summed E-state index contributed by atoms with van der Waals surface area (Å²) < 4.78 is 19.6. The normalized spacial score (nSPS) is 17.9. The highest BCUT2D eigenvalue weighted by Crippen LogP contribution is 2.26. The van der Waals surface area contributed by atoms with Crippen molar-refractivity contribution in [3.63, 3.8) is 0 Å². The summed E-state index contributed by atoms with van der Waals surface area (Å²) in [7, 11) is 0. The Morgan fingerprint density at radius 2 is 2.05 bits per heavy atom. The van der Waals surface area contributed by atoms with Crippen molar-refractivity contribution in [2.75, 3.05) is 0 Å². The van der Waals surface area contributed by atoms with Gasteiger partial charge in [0.05, 0.1) is 5.76 Å². The third-order valence-electron chi connectivity index (χ3n) is 3.44. The zero-order valence-corrected chi connectivity index (χ0v) is 12.0. The number of carbonyl (C=O) groups is 1. The minimum atomic E-state index is -1.15. The van der Waals surface area contributed by atoms with E-state index in [1.54, 1.807) is 12.2 Å². The largest absolute Gasteiger partial charge is 0.493 e. The SMILES string of the molecule is Cc1ccc(COC2=CC=C(CCC(=O)O)C(F)C2)cc1. The Morgan fingerprint density at radius 1 is 1.33 bits per heavy atom. The van der Waals surface area contributed by atoms with E-state index in [1.165, 1.54) is 5.56 Å². The molecule has 1 unspecified atom stereocenters. The number of hydrogen-bond acceptors (Lipinski definition) is 2. The lowest BCUT2D eigenvalue weighted by atomic mass is 9.97. The fourth-order valence-corrected chi connectivity index (χ4v) is 2.14. The van der Waals surface area contributed by atoms with E-state index in [0.29, 0.717) is 17.9 Å². The molecule has 0 saturated carbocycles. The van der Waals surface area contributed by atoms with Crippen LogP contribution in [0.2, 0.25) is 0 Å². The van der Waals surface area contributed by atoms with Gasteiger partial charge in [-0.1, -0.05) is 35.9 Å². The van der Waals surface area contributed by atoms with E-state index in [4.69, 9.17) is 9.84 Å². The van der Waals surface area contributed by atoms with Crippen LogP contribution >= 0.6 is 0 Å². The van der Waals surface area contributed by atoms with Crippen LogP contribution in [0.3, 0.4) is 0 Å². The van der Waals surface area contributed by atoms with Gasteiger partial charge in [0.2, 0.25) is 0 Å². The summed E-state index contributed by atoms with van der Waals surface area (Å²) in [5.74, 6) is -0.310. The van der Waals surface area contributed by atoms with Gasteiger partial charge in [-0.2, -0.15) is 0 Å². The number of aryl methyl sites for hydroxylation is 1. The van der Waals surface area contributed by atoms with Gasteiger partial charge in [0.25, 0.3) is 0 Å². The van der Waals surface area contributed by atoms with Crippen molar-refractivity contribution < 1.29 is 19.0 Å². The minimum Gasteiger partial charge on any atom is -0.493 e. The lowest BCUT2D eigenvalue weighted by Gasteiger charge is -2.19. The molecule has 1 aliphatic rings. The highest BCUT2D eigenvalue weighted by atomic mass is 19.1. The minimum absolute atomic E-state index is 0.0420. The molecule has 21 heavy (non-hydrogen) atoms. The fraction of sp³-hybridized carbons (Fsp3) is 0.353. The molecule has 0 spiro atoms. The molecule has 1 N–H and O–H groups in total. The van der Waals surface area contributed by atoms with Gasteiger partial charge >= 0.3 is 5.97 Å². The Labute approximate surface area is 123 Å². The van der Waals surface area contributed by atoms with Crippen molar-refractivity contribution in [1.82, 2.24) is 0 Å². The number of rotatable bonds is 6. The maximum absolute atomic E-state index is 13.9. The first-order valence-electron chi connectivity index (χ1n) is 6.98. The van der Waals surface area contributed by atoms with Gasteiger partial charge in [0, 0.05) is 12.8 Å². The lowest BCUT2D eigenvalue weighted by molar-refractivity contribution is -0.136. The molecule has 1 aliphatic carbocycles. The second kappa shape index (κ2) is 7.07. The van der Waals surface area contributed by atoms with E-state index in [0.717, 1.165) is 5.56 Å². The summed E-state index contributed by atoms with van der Waals surface area (Å²) in [6, 6.07) is 7.99. The van der Waals surface area contributed by atoms with Crippen LogP contribution in [0.1, 0.15) is 30.4 Å². The van der Waals surface area contributed by atoms with Gasteiger partial charge in [-0.15, -0.1) is 0 Å². The molecule has 0 fully saturated rings. The quantitative estimate of drug-likeness (QED) is 0.863. The Hall–Kier alpha value is -2.10. The lowest BCUT2D eigenvalue weighted by Crippen LogP contribution is -2.12. The Kier molecular flexibility index (Phi) is 5.14. The molecular formula is C17H19FO3. The average molecular weight is 290 g/mol. The molecule has 0 aliphatic heterocycles. The van der Waals surface area contributed by atoms with E-state index in [-0.39, 0.29) is 19.3 Å². The van der Waals surface area contributed by atoms with Crippen molar-refractivity contribution in [2.45, 2.75) is 39.0 Å². The number of halogens is 1. The first kappa shape index (κ1) is 15.3. The number of hydrogen-bond donors (Lipinski definition) is 1. The van der Waals surface area contributed by atoms with Crippen molar-refractivity contribution in [1.29, 1.82) is 0 Å². The monoisotopic (exact) mass is 290 g/mol. The molecule has 3 nitrogen and oxygen atoms in total. The standard InChI is InChI=1S/C17H19FO3/c1-12-2-4-13(5-3-12)11-21-15-8-6-14(16(18)10-15)7-9-17(19)20/h2-6,8,16H,7,9-11H2,1H3,(H,19,20). The van der Waals surface area contributed by atoms with Gasteiger partial charge in [0.1, 0.15) is 12.8 Å². The van der Waals surface area contributed by atoms with Gasteiger partial charge in [-0.3, -0.25) is 4.79 Å². The van der Waals surface area contributed by atoms with E-state index >= 15 is 0 Å². The summed E-state index contributed by atoms with van der Waals surface area (Å²) in [4.78, 5) is 10.5. The zero-order chi connectivity index (χ0) is 15.2. The number of aliphatic carboxylic acids is 1. The third kappa shape index (κ3) is 4.74. The number of allylic oxidation sites excluding steroid dienone is 4. The van der Waals surface area contributed by atoms with E-state index in [9.17, 15) is 9.18 Å². The van der Waals surface area contributed by atoms with Gasteiger partial charge in [0.15, 0.2) is 0 Å². The van der Waals surface area contributed by atoms with Gasteiger partial charge in [-0.05, 0) is 30.6 Å². The summed E-state index contributed by atoms with van der Waals surface area (Å²) in [5.41, 5.74) is 2.75. The first-order chi connectivity index (χ1) is 10.0. The van der Waals surface area contributed by atoms with Gasteiger partial charge in [-0.25, -0.2) is 4.39 Å². The fourth-order valence-electron chi connectivity index (χ4n) is 2.14. The summed E-state index contributed by atoms with van der Waals surface area (Å²) >= 11 is 0. The molecule has 2 rings (SSSR count). The molecule has 0 radical (unpaired) electrons. The summed E-state index contributed by atoms with van der Waals surface area (Å²) in [5, 5.41) is 8.62. The summed E-state index contributed by atoms with van der Waals surface area (Å²) in [6.07, 6.45) is 2.61. The van der Waals surface area contributed by atoms with Crippen molar-refractivity contribution in [3.05, 3.63) is 58.9 Å². The van der Waals surface area contributed by atoms with Crippen LogP contribution in [0.15, 0.2) is 47.7 Å². The Bertz CT molecular complexity index is 558. The molecule has 0 aromatic heterocycles. The van der Waals surface area contributed by atoms with Crippen LogP contribution in [-0.4, -0.2) is 17.2 Å². The highest BCUT2D eigenvalue weighted by molar-refractivity contribution is 5.67. The average Bonchev–Trinajstić information content (AvgIpc) is 2.45. The Balaban J connectivity index is 1.89. The molecule has 0 saturated heterocycles. The topological polar surface area (TPSA) is 46.5 Å². The van der Waals surface area contributed by atoms with Crippen LogP contribution in [0.4, 0.5) is 4.39 Å². The number of carboxylic acids is 1. The molecule has 1 atom stereocenters. The summed E-state index contributed by atoms with van der Waals surface area (Å²) in [6.45, 7) is 2.43.